The number of thiophene rings is 1. The van der Waals surface area contributed by atoms with Crippen LogP contribution in [0.2, 0.25) is 0 Å². The van der Waals surface area contributed by atoms with Gasteiger partial charge in [-0.25, -0.2) is 9.97 Å². The molecule has 0 fully saturated rings. The molecule has 0 aliphatic carbocycles. The van der Waals surface area contributed by atoms with Crippen molar-refractivity contribution in [3.05, 3.63) is 70.6 Å². The highest BCUT2D eigenvalue weighted by Gasteiger charge is 2.21. The summed E-state index contributed by atoms with van der Waals surface area (Å²) in [4.78, 5) is 13.2. The summed E-state index contributed by atoms with van der Waals surface area (Å²) < 4.78 is 6.80. The van der Waals surface area contributed by atoms with Gasteiger partial charge >= 0.3 is 0 Å². The minimum atomic E-state index is 0.683. The van der Waals surface area contributed by atoms with Crippen molar-refractivity contribution in [2.75, 3.05) is 6.54 Å². The predicted octanol–water partition coefficient (Wildman–Crippen LogP) is 4.82. The number of benzene rings is 1. The number of hydrogen-bond acceptors (Lipinski definition) is 5. The largest absolute Gasteiger partial charge is 0.461 e. The highest BCUT2D eigenvalue weighted by atomic mass is 32.1. The zero-order chi connectivity index (χ0) is 17.5. The molecule has 0 amide bonds. The summed E-state index contributed by atoms with van der Waals surface area (Å²) in [5.74, 6) is 1.42. The zero-order valence-corrected chi connectivity index (χ0v) is 15.4. The van der Waals surface area contributed by atoms with Gasteiger partial charge in [0.2, 0.25) is 0 Å². The first-order valence-corrected chi connectivity index (χ1v) is 9.67. The number of nitrogens with zero attached hydrogens (tertiary/aromatic N) is 3. The molecule has 4 heterocycles. The van der Waals surface area contributed by atoms with Crippen LogP contribution in [0.3, 0.4) is 0 Å². The third kappa shape index (κ3) is 2.73. The Labute approximate surface area is 156 Å². The molecule has 0 spiro atoms. The minimum Gasteiger partial charge on any atom is -0.461 e. The summed E-state index contributed by atoms with van der Waals surface area (Å²) in [5.41, 5.74) is 3.79. The van der Waals surface area contributed by atoms with Crippen LogP contribution in [0, 0.1) is 6.92 Å². The van der Waals surface area contributed by atoms with Crippen molar-refractivity contribution in [3.63, 3.8) is 0 Å². The molecule has 0 radical (unpaired) electrons. The van der Waals surface area contributed by atoms with Gasteiger partial charge in [-0.3, -0.25) is 4.90 Å². The standard InChI is InChI=1S/C21H19N3OS/c1-14-16-5-2-3-7-19(16)26-20(14)13-24-9-8-17-15(12-24)11-22-21(23-17)18-6-4-10-25-18/h2-7,10-11H,8-9,12-13H2,1H3. The number of aryl methyl sites for hydroxylation is 1. The molecule has 0 saturated carbocycles. The van der Waals surface area contributed by atoms with Gasteiger partial charge in [0.25, 0.3) is 0 Å². The minimum absolute atomic E-state index is 0.683. The van der Waals surface area contributed by atoms with Crippen LogP contribution in [0.25, 0.3) is 21.7 Å². The summed E-state index contributed by atoms with van der Waals surface area (Å²) >= 11 is 1.91. The van der Waals surface area contributed by atoms with E-state index in [4.69, 9.17) is 9.40 Å². The van der Waals surface area contributed by atoms with Crippen molar-refractivity contribution in [2.24, 2.45) is 0 Å². The molecular weight excluding hydrogens is 342 g/mol. The Morgan fingerprint density at radius 1 is 1.19 bits per heavy atom. The Morgan fingerprint density at radius 3 is 2.96 bits per heavy atom. The second kappa shape index (κ2) is 6.34. The second-order valence-corrected chi connectivity index (χ2v) is 7.89. The van der Waals surface area contributed by atoms with Gasteiger partial charge in [0.1, 0.15) is 0 Å². The molecule has 130 valence electrons. The van der Waals surface area contributed by atoms with Crippen molar-refractivity contribution in [1.82, 2.24) is 14.9 Å². The summed E-state index contributed by atoms with van der Waals surface area (Å²) in [6.45, 7) is 5.16. The molecule has 0 atom stereocenters. The molecule has 0 unspecified atom stereocenters. The lowest BCUT2D eigenvalue weighted by Gasteiger charge is -2.27. The fourth-order valence-electron chi connectivity index (χ4n) is 3.61. The Balaban J connectivity index is 1.38. The number of hydrogen-bond donors (Lipinski definition) is 0. The van der Waals surface area contributed by atoms with E-state index in [-0.39, 0.29) is 0 Å². The number of furan rings is 1. The number of fused-ring (bicyclic) bond motifs is 2. The molecule has 26 heavy (non-hydrogen) atoms. The third-order valence-corrected chi connectivity index (χ3v) is 6.32. The number of aromatic nitrogens is 2. The summed E-state index contributed by atoms with van der Waals surface area (Å²) in [6, 6.07) is 12.4. The Hall–Kier alpha value is -2.50. The van der Waals surface area contributed by atoms with Gasteiger partial charge in [-0.2, -0.15) is 0 Å². The van der Waals surface area contributed by atoms with E-state index in [2.05, 4.69) is 41.1 Å². The van der Waals surface area contributed by atoms with E-state index in [1.807, 2.05) is 29.7 Å². The van der Waals surface area contributed by atoms with Crippen molar-refractivity contribution in [1.29, 1.82) is 0 Å². The maximum atomic E-state index is 5.42. The number of rotatable bonds is 3. The van der Waals surface area contributed by atoms with Gasteiger partial charge in [0.05, 0.1) is 12.0 Å². The zero-order valence-electron chi connectivity index (χ0n) is 14.6. The lowest BCUT2D eigenvalue weighted by Crippen LogP contribution is -2.30. The lowest BCUT2D eigenvalue weighted by atomic mass is 10.1. The summed E-state index contributed by atoms with van der Waals surface area (Å²) in [5, 5.41) is 1.39. The van der Waals surface area contributed by atoms with Crippen LogP contribution in [0.4, 0.5) is 0 Å². The van der Waals surface area contributed by atoms with Gasteiger partial charge in [-0.15, -0.1) is 11.3 Å². The molecular formula is C21H19N3OS. The highest BCUT2D eigenvalue weighted by Crippen LogP contribution is 2.32. The first-order chi connectivity index (χ1) is 12.8. The van der Waals surface area contributed by atoms with Crippen molar-refractivity contribution in [3.8, 4) is 11.6 Å². The van der Waals surface area contributed by atoms with Crippen molar-refractivity contribution >= 4 is 21.4 Å². The molecule has 0 N–H and O–H groups in total. The van der Waals surface area contributed by atoms with Crippen molar-refractivity contribution in [2.45, 2.75) is 26.4 Å². The normalized spacial score (nSPS) is 14.7. The Morgan fingerprint density at radius 2 is 2.12 bits per heavy atom. The maximum absolute atomic E-state index is 5.42. The predicted molar refractivity (Wildman–Crippen MR) is 104 cm³/mol. The molecule has 1 aliphatic rings. The van der Waals surface area contributed by atoms with Gasteiger partial charge in [-0.1, -0.05) is 18.2 Å². The van der Waals surface area contributed by atoms with E-state index in [1.165, 1.54) is 26.1 Å². The van der Waals surface area contributed by atoms with E-state index < -0.39 is 0 Å². The molecule has 1 aromatic carbocycles. The topological polar surface area (TPSA) is 42.2 Å². The monoisotopic (exact) mass is 361 g/mol. The average molecular weight is 361 g/mol. The molecule has 0 saturated heterocycles. The van der Waals surface area contributed by atoms with Crippen LogP contribution in [-0.4, -0.2) is 21.4 Å². The Kier molecular flexibility index (Phi) is 3.84. The first kappa shape index (κ1) is 15.7. The fraction of sp³-hybridized carbons (Fsp3) is 0.238. The lowest BCUT2D eigenvalue weighted by molar-refractivity contribution is 0.244. The van der Waals surface area contributed by atoms with Crippen LogP contribution in [-0.2, 0) is 19.5 Å². The molecule has 5 rings (SSSR count). The van der Waals surface area contributed by atoms with Gasteiger partial charge in [0.15, 0.2) is 11.6 Å². The fourth-order valence-corrected chi connectivity index (χ4v) is 4.87. The van der Waals surface area contributed by atoms with Crippen LogP contribution in [0.15, 0.2) is 53.3 Å². The molecule has 1 aliphatic heterocycles. The molecule has 3 aromatic heterocycles. The van der Waals surface area contributed by atoms with E-state index in [0.717, 1.165) is 37.5 Å². The van der Waals surface area contributed by atoms with Crippen LogP contribution in [0.1, 0.15) is 21.7 Å². The van der Waals surface area contributed by atoms with E-state index >= 15 is 0 Å². The van der Waals surface area contributed by atoms with Crippen LogP contribution in [0.5, 0.6) is 0 Å². The van der Waals surface area contributed by atoms with Gasteiger partial charge < -0.3 is 4.42 Å². The molecule has 5 heteroatoms. The third-order valence-electron chi connectivity index (χ3n) is 5.06. The highest BCUT2D eigenvalue weighted by molar-refractivity contribution is 7.19. The second-order valence-electron chi connectivity index (χ2n) is 6.75. The van der Waals surface area contributed by atoms with Crippen LogP contribution >= 0.6 is 11.3 Å². The van der Waals surface area contributed by atoms with E-state index in [0.29, 0.717) is 5.82 Å². The SMILES string of the molecule is Cc1c(CN2CCc3nc(-c4ccco4)ncc3C2)sc2ccccc12. The van der Waals surface area contributed by atoms with Crippen LogP contribution < -0.4 is 0 Å². The molecule has 4 aromatic rings. The van der Waals surface area contributed by atoms with E-state index in [9.17, 15) is 0 Å². The first-order valence-electron chi connectivity index (χ1n) is 8.86. The van der Waals surface area contributed by atoms with E-state index in [1.54, 1.807) is 6.26 Å². The van der Waals surface area contributed by atoms with Crippen molar-refractivity contribution < 1.29 is 4.42 Å². The maximum Gasteiger partial charge on any atom is 0.195 e. The van der Waals surface area contributed by atoms with Gasteiger partial charge in [-0.05, 0) is 36.1 Å². The van der Waals surface area contributed by atoms with Gasteiger partial charge in [0, 0.05) is 47.4 Å². The Bertz CT molecular complexity index is 1070. The summed E-state index contributed by atoms with van der Waals surface area (Å²) in [6.07, 6.45) is 4.58. The summed E-state index contributed by atoms with van der Waals surface area (Å²) in [7, 11) is 0. The smallest absolute Gasteiger partial charge is 0.195 e. The molecule has 4 nitrogen and oxygen atoms in total. The average Bonchev–Trinajstić information content (AvgIpc) is 3.31. The molecule has 0 bridgehead atoms. The quantitative estimate of drug-likeness (QED) is 0.525.